The first-order valence-electron chi connectivity index (χ1n) is 9.93. The first-order chi connectivity index (χ1) is 14.1. The van der Waals surface area contributed by atoms with E-state index >= 15 is 0 Å². The second-order valence-electron chi connectivity index (χ2n) is 7.74. The van der Waals surface area contributed by atoms with E-state index in [4.69, 9.17) is 0 Å². The van der Waals surface area contributed by atoms with Crippen molar-refractivity contribution >= 4 is 20.0 Å². The molecule has 0 bridgehead atoms. The van der Waals surface area contributed by atoms with Crippen LogP contribution in [-0.4, -0.2) is 76.7 Å². The molecule has 7 nitrogen and oxygen atoms in total. The van der Waals surface area contributed by atoms with E-state index in [-0.39, 0.29) is 22.9 Å². The van der Waals surface area contributed by atoms with Gasteiger partial charge in [0, 0.05) is 39.3 Å². The molecule has 0 N–H and O–H groups in total. The zero-order chi connectivity index (χ0) is 21.9. The van der Waals surface area contributed by atoms with Gasteiger partial charge in [-0.25, -0.2) is 16.8 Å². The average molecular weight is 452 g/mol. The molecule has 1 aliphatic heterocycles. The summed E-state index contributed by atoms with van der Waals surface area (Å²) in [5, 5.41) is 0. The van der Waals surface area contributed by atoms with Crippen molar-refractivity contribution in [1.29, 1.82) is 0 Å². The standard InChI is InChI=1S/C21H29N3O4S2/c1-18-4-8-20(9-5-18)29(25,26)23-14-12-22(3)13-15-24(17-16-23)30(27,28)21-10-6-19(2)7-11-21/h4-11H,12-17H2,1-3H3. The van der Waals surface area contributed by atoms with Gasteiger partial charge in [0.05, 0.1) is 9.79 Å². The Morgan fingerprint density at radius 2 is 0.867 bits per heavy atom. The molecule has 0 saturated carbocycles. The van der Waals surface area contributed by atoms with Crippen molar-refractivity contribution in [3.63, 3.8) is 0 Å². The first-order valence-corrected chi connectivity index (χ1v) is 12.8. The van der Waals surface area contributed by atoms with Crippen molar-refractivity contribution < 1.29 is 16.8 Å². The van der Waals surface area contributed by atoms with Gasteiger partial charge in [0.15, 0.2) is 0 Å². The molecule has 0 aliphatic carbocycles. The summed E-state index contributed by atoms with van der Waals surface area (Å²) in [5.41, 5.74) is 1.96. The topological polar surface area (TPSA) is 78.0 Å². The molecule has 0 aromatic heterocycles. The maximum absolute atomic E-state index is 13.2. The van der Waals surface area contributed by atoms with E-state index < -0.39 is 20.0 Å². The van der Waals surface area contributed by atoms with Crippen LogP contribution in [0.25, 0.3) is 0 Å². The van der Waals surface area contributed by atoms with Gasteiger partial charge in [-0.15, -0.1) is 0 Å². The first kappa shape index (κ1) is 22.9. The van der Waals surface area contributed by atoms with Crippen molar-refractivity contribution in [2.24, 2.45) is 0 Å². The second-order valence-corrected chi connectivity index (χ2v) is 11.6. The Morgan fingerprint density at radius 3 is 1.20 bits per heavy atom. The average Bonchev–Trinajstić information content (AvgIpc) is 2.79. The summed E-state index contributed by atoms with van der Waals surface area (Å²) < 4.78 is 55.5. The van der Waals surface area contributed by atoms with Crippen LogP contribution in [0.1, 0.15) is 11.1 Å². The molecule has 1 heterocycles. The fourth-order valence-electron chi connectivity index (χ4n) is 3.32. The second kappa shape index (κ2) is 9.15. The van der Waals surface area contributed by atoms with Gasteiger partial charge in [0.1, 0.15) is 0 Å². The number of nitrogens with zero attached hydrogens (tertiary/aromatic N) is 3. The van der Waals surface area contributed by atoms with Gasteiger partial charge in [-0.1, -0.05) is 35.4 Å². The van der Waals surface area contributed by atoms with Gasteiger partial charge in [-0.3, -0.25) is 0 Å². The maximum Gasteiger partial charge on any atom is 0.243 e. The van der Waals surface area contributed by atoms with Crippen molar-refractivity contribution in [1.82, 2.24) is 13.5 Å². The van der Waals surface area contributed by atoms with E-state index in [1.165, 1.54) is 8.61 Å². The van der Waals surface area contributed by atoms with E-state index in [1.54, 1.807) is 48.5 Å². The molecule has 0 unspecified atom stereocenters. The summed E-state index contributed by atoms with van der Waals surface area (Å²) >= 11 is 0. The zero-order valence-electron chi connectivity index (χ0n) is 17.7. The van der Waals surface area contributed by atoms with Crippen LogP contribution in [0, 0.1) is 13.8 Å². The Balaban J connectivity index is 1.88. The Hall–Kier alpha value is -1.78. The summed E-state index contributed by atoms with van der Waals surface area (Å²) in [5.74, 6) is 0. The molecule has 1 fully saturated rings. The van der Waals surface area contributed by atoms with Crippen LogP contribution in [-0.2, 0) is 20.0 Å². The molecule has 30 heavy (non-hydrogen) atoms. The minimum atomic E-state index is -3.71. The molecule has 2 aromatic carbocycles. The molecule has 0 spiro atoms. The zero-order valence-corrected chi connectivity index (χ0v) is 19.3. The van der Waals surface area contributed by atoms with Crippen LogP contribution in [0.15, 0.2) is 58.3 Å². The van der Waals surface area contributed by atoms with Gasteiger partial charge in [0.25, 0.3) is 0 Å². The van der Waals surface area contributed by atoms with Gasteiger partial charge in [-0.2, -0.15) is 8.61 Å². The number of hydrogen-bond acceptors (Lipinski definition) is 5. The Labute approximate surface area is 180 Å². The van der Waals surface area contributed by atoms with E-state index in [0.717, 1.165) is 11.1 Å². The third-order valence-electron chi connectivity index (χ3n) is 5.38. The summed E-state index contributed by atoms with van der Waals surface area (Å²) in [4.78, 5) is 2.41. The molecule has 0 amide bonds. The SMILES string of the molecule is Cc1ccc(S(=O)(=O)N2CCN(C)CCN(S(=O)(=O)c3ccc(C)cc3)CC2)cc1. The molecule has 3 rings (SSSR count). The van der Waals surface area contributed by atoms with E-state index in [1.807, 2.05) is 25.8 Å². The number of hydrogen-bond donors (Lipinski definition) is 0. The van der Waals surface area contributed by atoms with E-state index in [9.17, 15) is 16.8 Å². The van der Waals surface area contributed by atoms with Crippen molar-refractivity contribution in [2.75, 3.05) is 46.3 Å². The summed E-state index contributed by atoms with van der Waals surface area (Å²) in [7, 11) is -5.55. The predicted octanol–water partition coefficient (Wildman–Crippen LogP) is 1.93. The molecule has 9 heteroatoms. The van der Waals surface area contributed by atoms with Crippen molar-refractivity contribution in [2.45, 2.75) is 23.6 Å². The molecular weight excluding hydrogens is 422 g/mol. The molecule has 0 atom stereocenters. The van der Waals surface area contributed by atoms with Gasteiger partial charge >= 0.3 is 0 Å². The number of aryl methyl sites for hydroxylation is 2. The predicted molar refractivity (Wildman–Crippen MR) is 117 cm³/mol. The van der Waals surface area contributed by atoms with Gasteiger partial charge in [0.2, 0.25) is 20.0 Å². The van der Waals surface area contributed by atoms with Crippen molar-refractivity contribution in [3.8, 4) is 0 Å². The highest BCUT2D eigenvalue weighted by atomic mass is 32.2. The quantitative estimate of drug-likeness (QED) is 0.710. The van der Waals surface area contributed by atoms with E-state index in [2.05, 4.69) is 0 Å². The lowest BCUT2D eigenvalue weighted by Gasteiger charge is -2.25. The third kappa shape index (κ3) is 5.09. The number of benzene rings is 2. The molecule has 0 radical (unpaired) electrons. The Kier molecular flexibility index (Phi) is 6.98. The molecule has 1 aliphatic rings. The fraction of sp³-hybridized carbons (Fsp3) is 0.429. The Bertz CT molecular complexity index is 979. The summed E-state index contributed by atoms with van der Waals surface area (Å²) in [6.45, 7) is 5.70. The maximum atomic E-state index is 13.2. The van der Waals surface area contributed by atoms with Crippen LogP contribution >= 0.6 is 0 Å². The molecule has 1 saturated heterocycles. The van der Waals surface area contributed by atoms with Crippen LogP contribution in [0.5, 0.6) is 0 Å². The summed E-state index contributed by atoms with van der Waals surface area (Å²) in [6, 6.07) is 13.5. The minimum absolute atomic E-state index is 0.106. The highest BCUT2D eigenvalue weighted by Crippen LogP contribution is 2.20. The lowest BCUT2D eigenvalue weighted by Crippen LogP contribution is -2.41. The number of sulfonamides is 2. The normalized spacial score (nSPS) is 18.5. The van der Waals surface area contributed by atoms with Crippen LogP contribution < -0.4 is 0 Å². The highest BCUT2D eigenvalue weighted by molar-refractivity contribution is 7.89. The van der Waals surface area contributed by atoms with Gasteiger partial charge < -0.3 is 4.90 Å². The van der Waals surface area contributed by atoms with Crippen LogP contribution in [0.4, 0.5) is 0 Å². The lowest BCUT2D eigenvalue weighted by atomic mass is 10.2. The minimum Gasteiger partial charge on any atom is -0.304 e. The van der Waals surface area contributed by atoms with Crippen LogP contribution in [0.2, 0.25) is 0 Å². The largest absolute Gasteiger partial charge is 0.304 e. The summed E-state index contributed by atoms with van der Waals surface area (Å²) in [6.07, 6.45) is 0. The lowest BCUT2D eigenvalue weighted by molar-refractivity contribution is 0.303. The number of rotatable bonds is 4. The number of likely N-dealkylation sites (N-methyl/N-ethyl adjacent to an activating group) is 1. The van der Waals surface area contributed by atoms with Gasteiger partial charge in [-0.05, 0) is 45.2 Å². The third-order valence-corrected chi connectivity index (χ3v) is 9.20. The highest BCUT2D eigenvalue weighted by Gasteiger charge is 2.30. The fourth-order valence-corrected chi connectivity index (χ4v) is 6.17. The van der Waals surface area contributed by atoms with Crippen molar-refractivity contribution in [3.05, 3.63) is 59.7 Å². The van der Waals surface area contributed by atoms with E-state index in [0.29, 0.717) is 26.2 Å². The monoisotopic (exact) mass is 451 g/mol. The molecule has 164 valence electrons. The molecular formula is C21H29N3O4S2. The molecule has 2 aromatic rings. The smallest absolute Gasteiger partial charge is 0.243 e. The van der Waals surface area contributed by atoms with Crippen LogP contribution in [0.3, 0.4) is 0 Å². The Morgan fingerprint density at radius 1 is 0.567 bits per heavy atom.